The number of pyridine rings is 1. The number of nitrogens with zero attached hydrogens (tertiary/aromatic N) is 1. The summed E-state index contributed by atoms with van der Waals surface area (Å²) in [4.78, 5) is 4.40. The van der Waals surface area contributed by atoms with E-state index in [1.807, 2.05) is 30.5 Å². The van der Waals surface area contributed by atoms with Crippen molar-refractivity contribution in [1.29, 1.82) is 0 Å². The van der Waals surface area contributed by atoms with E-state index in [0.717, 1.165) is 48.3 Å². The summed E-state index contributed by atoms with van der Waals surface area (Å²) in [7, 11) is 3.40. The molecule has 1 N–H and O–H groups in total. The number of rotatable bonds is 7. The van der Waals surface area contributed by atoms with Crippen molar-refractivity contribution >= 4 is 16.6 Å². The molecule has 0 aliphatic heterocycles. The van der Waals surface area contributed by atoms with E-state index in [1.165, 1.54) is 0 Å². The number of methoxy groups -OCH3 is 2. The normalized spacial score (nSPS) is 10.6. The lowest BCUT2D eigenvalue weighted by Crippen LogP contribution is -2.05. The van der Waals surface area contributed by atoms with Gasteiger partial charge in [-0.1, -0.05) is 6.07 Å². The average Bonchev–Trinajstić information content (AvgIpc) is 2.46. The molecule has 0 aliphatic rings. The largest absolute Gasteiger partial charge is 0.497 e. The Morgan fingerprint density at radius 3 is 2.84 bits per heavy atom. The third-order valence-corrected chi connectivity index (χ3v) is 3.04. The number of hydrogen-bond donors (Lipinski definition) is 1. The van der Waals surface area contributed by atoms with Crippen molar-refractivity contribution in [1.82, 2.24) is 4.98 Å². The first-order valence-electron chi connectivity index (χ1n) is 6.50. The zero-order valence-electron chi connectivity index (χ0n) is 11.5. The van der Waals surface area contributed by atoms with Gasteiger partial charge in [-0.25, -0.2) is 4.98 Å². The molecule has 0 atom stereocenters. The molecule has 1 aromatic heterocycles. The average molecular weight is 260 g/mol. The van der Waals surface area contributed by atoms with E-state index < -0.39 is 0 Å². The maximum atomic E-state index is 5.26. The van der Waals surface area contributed by atoms with Gasteiger partial charge in [0.05, 0.1) is 7.11 Å². The Morgan fingerprint density at radius 2 is 2.05 bits per heavy atom. The Morgan fingerprint density at radius 1 is 1.16 bits per heavy atom. The van der Waals surface area contributed by atoms with Crippen molar-refractivity contribution in [2.75, 3.05) is 32.7 Å². The van der Waals surface area contributed by atoms with Gasteiger partial charge in [0.1, 0.15) is 11.6 Å². The van der Waals surface area contributed by atoms with Gasteiger partial charge in [0.2, 0.25) is 0 Å². The smallest absolute Gasteiger partial charge is 0.133 e. The van der Waals surface area contributed by atoms with Crippen LogP contribution >= 0.6 is 0 Å². The fourth-order valence-corrected chi connectivity index (χ4v) is 1.99. The summed E-state index contributed by atoms with van der Waals surface area (Å²) in [5, 5.41) is 5.63. The first-order valence-corrected chi connectivity index (χ1v) is 6.50. The molecule has 0 unspecified atom stereocenters. The van der Waals surface area contributed by atoms with Crippen LogP contribution in [-0.2, 0) is 4.74 Å². The summed E-state index contributed by atoms with van der Waals surface area (Å²) in [6.07, 6.45) is 3.94. The van der Waals surface area contributed by atoms with Crippen LogP contribution in [0.3, 0.4) is 0 Å². The summed E-state index contributed by atoms with van der Waals surface area (Å²) in [6, 6.07) is 8.03. The molecule has 0 aliphatic carbocycles. The molecule has 1 heterocycles. The highest BCUT2D eigenvalue weighted by molar-refractivity contribution is 5.92. The minimum atomic E-state index is 0.804. The van der Waals surface area contributed by atoms with Crippen LogP contribution in [0.2, 0.25) is 0 Å². The SMILES string of the molecule is COCCCCNc1nccc2ccc(OC)cc12. The number of ether oxygens (including phenoxy) is 2. The zero-order chi connectivity index (χ0) is 13.5. The molecule has 2 rings (SSSR count). The van der Waals surface area contributed by atoms with Crippen LogP contribution in [0.4, 0.5) is 5.82 Å². The third-order valence-electron chi connectivity index (χ3n) is 3.04. The molecule has 102 valence electrons. The second-order valence-electron chi connectivity index (χ2n) is 4.37. The van der Waals surface area contributed by atoms with Gasteiger partial charge in [-0.15, -0.1) is 0 Å². The van der Waals surface area contributed by atoms with Crippen LogP contribution in [0, 0.1) is 0 Å². The van der Waals surface area contributed by atoms with Crippen molar-refractivity contribution in [3.8, 4) is 5.75 Å². The third kappa shape index (κ3) is 3.58. The minimum absolute atomic E-state index is 0.804. The van der Waals surface area contributed by atoms with Gasteiger partial charge in [0.15, 0.2) is 0 Å². The van der Waals surface area contributed by atoms with Crippen LogP contribution in [0.5, 0.6) is 5.75 Å². The lowest BCUT2D eigenvalue weighted by Gasteiger charge is -2.09. The van der Waals surface area contributed by atoms with E-state index in [0.29, 0.717) is 0 Å². The van der Waals surface area contributed by atoms with Crippen LogP contribution in [-0.4, -0.2) is 32.4 Å². The lowest BCUT2D eigenvalue weighted by molar-refractivity contribution is 0.194. The second-order valence-corrected chi connectivity index (χ2v) is 4.37. The molecule has 2 aromatic rings. The predicted molar refractivity (Wildman–Crippen MR) is 77.9 cm³/mol. The molecule has 0 fully saturated rings. The van der Waals surface area contributed by atoms with E-state index >= 15 is 0 Å². The molecule has 4 nitrogen and oxygen atoms in total. The molecule has 0 amide bonds. The first-order chi connectivity index (χ1) is 9.35. The number of anilines is 1. The van der Waals surface area contributed by atoms with Gasteiger partial charge >= 0.3 is 0 Å². The van der Waals surface area contributed by atoms with E-state index in [-0.39, 0.29) is 0 Å². The Labute approximate surface area is 113 Å². The quantitative estimate of drug-likeness (QED) is 0.777. The number of aromatic nitrogens is 1. The van der Waals surface area contributed by atoms with E-state index in [1.54, 1.807) is 14.2 Å². The highest BCUT2D eigenvalue weighted by Crippen LogP contribution is 2.25. The number of benzene rings is 1. The van der Waals surface area contributed by atoms with E-state index in [4.69, 9.17) is 9.47 Å². The van der Waals surface area contributed by atoms with Crippen molar-refractivity contribution in [3.63, 3.8) is 0 Å². The van der Waals surface area contributed by atoms with Crippen molar-refractivity contribution in [2.45, 2.75) is 12.8 Å². The monoisotopic (exact) mass is 260 g/mol. The first kappa shape index (κ1) is 13.6. The maximum absolute atomic E-state index is 5.26. The molecular formula is C15H20N2O2. The maximum Gasteiger partial charge on any atom is 0.133 e. The Bertz CT molecular complexity index is 529. The van der Waals surface area contributed by atoms with Crippen molar-refractivity contribution in [3.05, 3.63) is 30.5 Å². The molecule has 1 aromatic carbocycles. The van der Waals surface area contributed by atoms with Crippen LogP contribution in [0.1, 0.15) is 12.8 Å². The molecule has 0 saturated carbocycles. The Hall–Kier alpha value is -1.81. The summed E-state index contributed by atoms with van der Waals surface area (Å²) < 4.78 is 10.3. The summed E-state index contributed by atoms with van der Waals surface area (Å²) >= 11 is 0. The van der Waals surface area contributed by atoms with Gasteiger partial charge in [0, 0.05) is 31.8 Å². The van der Waals surface area contributed by atoms with Crippen LogP contribution < -0.4 is 10.1 Å². The van der Waals surface area contributed by atoms with Gasteiger partial charge in [-0.05, 0) is 36.4 Å². The van der Waals surface area contributed by atoms with Crippen molar-refractivity contribution in [2.24, 2.45) is 0 Å². The topological polar surface area (TPSA) is 43.4 Å². The summed E-state index contributed by atoms with van der Waals surface area (Å²) in [6.45, 7) is 1.70. The molecule has 0 spiro atoms. The van der Waals surface area contributed by atoms with Gasteiger partial charge in [0.25, 0.3) is 0 Å². The fraction of sp³-hybridized carbons (Fsp3) is 0.400. The molecular weight excluding hydrogens is 240 g/mol. The van der Waals surface area contributed by atoms with Crippen LogP contribution in [0.25, 0.3) is 10.8 Å². The predicted octanol–water partition coefficient (Wildman–Crippen LogP) is 3.08. The van der Waals surface area contributed by atoms with E-state index in [9.17, 15) is 0 Å². The van der Waals surface area contributed by atoms with Gasteiger partial charge in [-0.3, -0.25) is 0 Å². The Balaban J connectivity index is 2.08. The van der Waals surface area contributed by atoms with Gasteiger partial charge < -0.3 is 14.8 Å². The highest BCUT2D eigenvalue weighted by Gasteiger charge is 2.03. The number of unbranched alkanes of at least 4 members (excludes halogenated alkanes) is 1. The number of nitrogens with one attached hydrogen (secondary N) is 1. The number of fused-ring (bicyclic) bond motifs is 1. The fourth-order valence-electron chi connectivity index (χ4n) is 1.99. The number of hydrogen-bond acceptors (Lipinski definition) is 4. The van der Waals surface area contributed by atoms with Gasteiger partial charge in [-0.2, -0.15) is 0 Å². The summed E-state index contributed by atoms with van der Waals surface area (Å²) in [5.41, 5.74) is 0. The Kier molecular flexibility index (Phi) is 4.98. The standard InChI is InChI=1S/C15H20N2O2/c1-18-10-4-3-8-16-15-14-11-13(19-2)6-5-12(14)7-9-17-15/h5-7,9,11H,3-4,8,10H2,1-2H3,(H,16,17). The van der Waals surface area contributed by atoms with Crippen molar-refractivity contribution < 1.29 is 9.47 Å². The van der Waals surface area contributed by atoms with Crippen LogP contribution in [0.15, 0.2) is 30.5 Å². The lowest BCUT2D eigenvalue weighted by atomic mass is 10.1. The molecule has 19 heavy (non-hydrogen) atoms. The molecule has 0 radical (unpaired) electrons. The highest BCUT2D eigenvalue weighted by atomic mass is 16.5. The zero-order valence-corrected chi connectivity index (χ0v) is 11.5. The molecule has 4 heteroatoms. The second kappa shape index (κ2) is 6.95. The molecule has 0 saturated heterocycles. The summed E-state index contributed by atoms with van der Waals surface area (Å²) in [5.74, 6) is 1.76. The minimum Gasteiger partial charge on any atom is -0.497 e. The van der Waals surface area contributed by atoms with E-state index in [2.05, 4.69) is 10.3 Å². The molecule has 0 bridgehead atoms.